The van der Waals surface area contributed by atoms with Crippen molar-refractivity contribution in [2.45, 2.75) is 50.8 Å². The van der Waals surface area contributed by atoms with Crippen molar-refractivity contribution in [2.75, 3.05) is 6.61 Å². The molecule has 0 saturated carbocycles. The molecule has 5 aromatic rings. The van der Waals surface area contributed by atoms with E-state index in [-0.39, 0.29) is 32.7 Å². The molecule has 0 aliphatic heterocycles. The second-order valence-corrected chi connectivity index (χ2v) is 12.0. The summed E-state index contributed by atoms with van der Waals surface area (Å²) in [6, 6.07) is 32.2. The van der Waals surface area contributed by atoms with Crippen LogP contribution < -0.4 is 20.7 Å². The fourth-order valence-electron chi connectivity index (χ4n) is 5.19. The largest absolute Gasteiger partial charge is 0.489 e. The Morgan fingerprint density at radius 2 is 1.23 bits per heavy atom. The molecule has 3 atom stereocenters. The van der Waals surface area contributed by atoms with Gasteiger partial charge in [0.2, 0.25) is 11.8 Å². The molecule has 0 fully saturated rings. The summed E-state index contributed by atoms with van der Waals surface area (Å²) in [5.41, 5.74) is 4.00. The first-order valence-electron chi connectivity index (χ1n) is 16.8. The van der Waals surface area contributed by atoms with Crippen molar-refractivity contribution < 1.29 is 33.4 Å². The minimum Gasteiger partial charge on any atom is -0.489 e. The minimum atomic E-state index is -1.14. The summed E-state index contributed by atoms with van der Waals surface area (Å²) in [5, 5.41) is 8.10. The quantitative estimate of drug-likeness (QED) is 0.0918. The molecule has 0 aliphatic carbocycles. The lowest BCUT2D eigenvalue weighted by Gasteiger charge is -2.24. The number of nitrogens with zero attached hydrogens (tertiary/aromatic N) is 1. The molecular weight excluding hydrogens is 662 g/mol. The Bertz CT molecular complexity index is 1820. The van der Waals surface area contributed by atoms with E-state index in [1.165, 1.54) is 12.5 Å². The van der Waals surface area contributed by atoms with Gasteiger partial charge in [-0.15, -0.1) is 0 Å². The molecule has 0 unspecified atom stereocenters. The normalized spacial score (nSPS) is 12.5. The number of H-pyrrole nitrogens is 1. The number of hydrogen-bond acceptors (Lipinski definition) is 8. The van der Waals surface area contributed by atoms with Crippen LogP contribution in [-0.4, -0.2) is 58.9 Å². The molecule has 268 valence electrons. The van der Waals surface area contributed by atoms with Gasteiger partial charge >= 0.3 is 6.09 Å². The van der Waals surface area contributed by atoms with Crippen LogP contribution in [0.5, 0.6) is 5.75 Å². The molecule has 4 aromatic carbocycles. The number of amides is 3. The zero-order valence-electron chi connectivity index (χ0n) is 28.5. The van der Waals surface area contributed by atoms with E-state index in [2.05, 4.69) is 25.9 Å². The van der Waals surface area contributed by atoms with E-state index in [1.54, 1.807) is 24.3 Å². The third-order valence-electron chi connectivity index (χ3n) is 7.95. The number of carbonyl (C=O) groups is 4. The molecule has 5 rings (SSSR count). The number of ether oxygens (including phenoxy) is 3. The van der Waals surface area contributed by atoms with Gasteiger partial charge in [0.05, 0.1) is 19.5 Å². The second kappa shape index (κ2) is 19.8. The van der Waals surface area contributed by atoms with Crippen molar-refractivity contribution in [1.29, 1.82) is 0 Å². The van der Waals surface area contributed by atoms with Crippen LogP contribution in [0.4, 0.5) is 4.79 Å². The second-order valence-electron chi connectivity index (χ2n) is 12.0. The number of carbonyl (C=O) groups excluding carboxylic acids is 4. The molecule has 1 aromatic heterocycles. The standard InChI is InChI=1S/C40H41N5O7/c46-23-34(27-50-24-30-10-4-1-5-11-30)43-38(47)36(20-29-16-18-35(19-17-29)51-25-31-12-6-2-7-13-31)44-39(48)37(21-33-22-41-28-42-33)45-40(49)52-26-32-14-8-3-9-15-32/h1-19,22-23,28,34,36-37H,20-21,24-27H2,(H,41,42)(H,43,47)(H,44,48)(H,45,49)/t34-,36+,37+/m1/s1. The zero-order valence-corrected chi connectivity index (χ0v) is 28.5. The van der Waals surface area contributed by atoms with E-state index >= 15 is 0 Å². The average Bonchev–Trinajstić information content (AvgIpc) is 3.70. The maximum Gasteiger partial charge on any atom is 0.408 e. The lowest BCUT2D eigenvalue weighted by molar-refractivity contribution is -0.131. The third kappa shape index (κ3) is 12.3. The van der Waals surface area contributed by atoms with Crippen LogP contribution in [0, 0.1) is 0 Å². The smallest absolute Gasteiger partial charge is 0.408 e. The van der Waals surface area contributed by atoms with Gasteiger partial charge in [-0.3, -0.25) is 9.59 Å². The maximum atomic E-state index is 13.8. The van der Waals surface area contributed by atoms with Crippen molar-refractivity contribution >= 4 is 24.2 Å². The highest BCUT2D eigenvalue weighted by atomic mass is 16.5. The van der Waals surface area contributed by atoms with Crippen LogP contribution in [-0.2, 0) is 56.5 Å². The van der Waals surface area contributed by atoms with Gasteiger partial charge in [-0.2, -0.15) is 0 Å². The van der Waals surface area contributed by atoms with Gasteiger partial charge in [0.15, 0.2) is 0 Å². The lowest BCUT2D eigenvalue weighted by Crippen LogP contribution is -2.56. The van der Waals surface area contributed by atoms with Crippen LogP contribution in [0.15, 0.2) is 128 Å². The number of alkyl carbamates (subject to hydrolysis) is 1. The topological polar surface area (TPSA) is 161 Å². The van der Waals surface area contributed by atoms with Crippen molar-refractivity contribution in [1.82, 2.24) is 25.9 Å². The Morgan fingerprint density at radius 1 is 0.654 bits per heavy atom. The molecule has 12 heteroatoms. The summed E-state index contributed by atoms with van der Waals surface area (Å²) in [4.78, 5) is 59.4. The molecule has 0 saturated heterocycles. The molecule has 0 bridgehead atoms. The predicted molar refractivity (Wildman–Crippen MR) is 193 cm³/mol. The van der Waals surface area contributed by atoms with Crippen molar-refractivity contribution in [2.24, 2.45) is 0 Å². The SMILES string of the molecule is O=C[C@H](COCc1ccccc1)NC(=O)[C@H](Cc1ccc(OCc2ccccc2)cc1)NC(=O)[C@H](Cc1cnc[nH]1)NC(=O)OCc1ccccc1. The number of hydrogen-bond donors (Lipinski definition) is 4. The van der Waals surface area contributed by atoms with Crippen molar-refractivity contribution in [3.05, 3.63) is 156 Å². The van der Waals surface area contributed by atoms with Gasteiger partial charge in [-0.1, -0.05) is 103 Å². The molecule has 0 aliphatic rings. The monoisotopic (exact) mass is 703 g/mol. The summed E-state index contributed by atoms with van der Waals surface area (Å²) < 4.78 is 17.0. The molecular formula is C40H41N5O7. The molecule has 1 heterocycles. The highest BCUT2D eigenvalue weighted by Crippen LogP contribution is 2.16. The van der Waals surface area contributed by atoms with Crippen LogP contribution in [0.1, 0.15) is 27.9 Å². The van der Waals surface area contributed by atoms with E-state index in [0.29, 0.717) is 24.3 Å². The summed E-state index contributed by atoms with van der Waals surface area (Å²) in [7, 11) is 0. The molecule has 52 heavy (non-hydrogen) atoms. The first-order chi connectivity index (χ1) is 25.4. The highest BCUT2D eigenvalue weighted by molar-refractivity contribution is 5.92. The number of aromatic amines is 1. The number of aldehydes is 1. The minimum absolute atomic E-state index is 0.000582. The Balaban J connectivity index is 1.27. The summed E-state index contributed by atoms with van der Waals surface area (Å²) >= 11 is 0. The van der Waals surface area contributed by atoms with Gasteiger partial charge < -0.3 is 39.9 Å². The number of rotatable bonds is 19. The van der Waals surface area contributed by atoms with Gasteiger partial charge in [-0.25, -0.2) is 9.78 Å². The Hall–Kier alpha value is -6.27. The lowest BCUT2D eigenvalue weighted by atomic mass is 10.0. The third-order valence-corrected chi connectivity index (χ3v) is 7.95. The van der Waals surface area contributed by atoms with E-state index < -0.39 is 36.0 Å². The molecule has 4 N–H and O–H groups in total. The molecule has 12 nitrogen and oxygen atoms in total. The Kier molecular flexibility index (Phi) is 14.1. The van der Waals surface area contributed by atoms with Crippen LogP contribution >= 0.6 is 0 Å². The Labute approximate surface area is 301 Å². The van der Waals surface area contributed by atoms with Gasteiger partial charge in [0.25, 0.3) is 0 Å². The Morgan fingerprint density at radius 3 is 1.83 bits per heavy atom. The van der Waals surface area contributed by atoms with E-state index in [9.17, 15) is 19.2 Å². The number of imidazole rings is 1. The number of aromatic nitrogens is 2. The summed E-state index contributed by atoms with van der Waals surface area (Å²) in [6.45, 7) is 0.566. The van der Waals surface area contributed by atoms with Crippen LogP contribution in [0.25, 0.3) is 0 Å². The number of benzene rings is 4. The maximum absolute atomic E-state index is 13.8. The van der Waals surface area contributed by atoms with Crippen LogP contribution in [0.2, 0.25) is 0 Å². The number of nitrogens with one attached hydrogen (secondary N) is 4. The van der Waals surface area contributed by atoms with E-state index in [4.69, 9.17) is 14.2 Å². The first-order valence-corrected chi connectivity index (χ1v) is 16.8. The van der Waals surface area contributed by atoms with Crippen molar-refractivity contribution in [3.8, 4) is 5.75 Å². The predicted octanol–water partition coefficient (Wildman–Crippen LogP) is 4.45. The average molecular weight is 704 g/mol. The van der Waals surface area contributed by atoms with Crippen LogP contribution in [0.3, 0.4) is 0 Å². The molecule has 3 amide bonds. The molecule has 0 spiro atoms. The van der Waals surface area contributed by atoms with Gasteiger partial charge in [0.1, 0.15) is 43.4 Å². The zero-order chi connectivity index (χ0) is 36.4. The van der Waals surface area contributed by atoms with E-state index in [0.717, 1.165) is 22.3 Å². The fraction of sp³-hybridized carbons (Fsp3) is 0.225. The fourth-order valence-corrected chi connectivity index (χ4v) is 5.19. The van der Waals surface area contributed by atoms with Crippen molar-refractivity contribution in [3.63, 3.8) is 0 Å². The highest BCUT2D eigenvalue weighted by Gasteiger charge is 2.29. The molecule has 0 radical (unpaired) electrons. The van der Waals surface area contributed by atoms with Gasteiger partial charge in [0, 0.05) is 24.7 Å². The van der Waals surface area contributed by atoms with E-state index in [1.807, 2.05) is 91.0 Å². The van der Waals surface area contributed by atoms with Gasteiger partial charge in [-0.05, 0) is 34.4 Å². The summed E-state index contributed by atoms with van der Waals surface area (Å²) in [6.07, 6.45) is 2.88. The first kappa shape index (κ1) is 37.0. The summed E-state index contributed by atoms with van der Waals surface area (Å²) in [5.74, 6) is -0.616.